The first-order chi connectivity index (χ1) is 9.60. The van der Waals surface area contributed by atoms with Gasteiger partial charge >= 0.3 is 0 Å². The van der Waals surface area contributed by atoms with Gasteiger partial charge in [-0.3, -0.25) is 0 Å². The molecular formula is C16H17BrFNS. The number of thioether (sulfide) groups is 1. The van der Waals surface area contributed by atoms with Crippen LogP contribution in [0.25, 0.3) is 0 Å². The third kappa shape index (κ3) is 4.08. The summed E-state index contributed by atoms with van der Waals surface area (Å²) in [5.41, 5.74) is 7.16. The van der Waals surface area contributed by atoms with Crippen LogP contribution >= 0.6 is 27.7 Å². The number of hydrogen-bond acceptors (Lipinski definition) is 2. The first-order valence-corrected chi connectivity index (χ1v) is 8.20. The van der Waals surface area contributed by atoms with E-state index in [0.29, 0.717) is 0 Å². The fourth-order valence-electron chi connectivity index (χ4n) is 1.96. The van der Waals surface area contributed by atoms with Gasteiger partial charge in [-0.25, -0.2) is 4.39 Å². The number of halogens is 2. The summed E-state index contributed by atoms with van der Waals surface area (Å²) in [6, 6.07) is 14.8. The van der Waals surface area contributed by atoms with E-state index in [1.54, 1.807) is 23.9 Å². The number of nitrogens with two attached hydrogens (primary N) is 1. The van der Waals surface area contributed by atoms with Gasteiger partial charge in [0, 0.05) is 20.7 Å². The molecule has 2 unspecified atom stereocenters. The van der Waals surface area contributed by atoms with Gasteiger partial charge in [0.05, 0.1) is 0 Å². The molecule has 2 aromatic carbocycles. The lowest BCUT2D eigenvalue weighted by atomic mass is 10.0. The van der Waals surface area contributed by atoms with Crippen molar-refractivity contribution in [3.05, 3.63) is 64.4 Å². The molecule has 0 spiro atoms. The molecule has 0 fully saturated rings. The zero-order valence-corrected chi connectivity index (χ0v) is 13.6. The summed E-state index contributed by atoms with van der Waals surface area (Å²) < 4.78 is 14.5. The highest BCUT2D eigenvalue weighted by molar-refractivity contribution is 9.10. The van der Waals surface area contributed by atoms with Crippen LogP contribution in [0, 0.1) is 5.82 Å². The summed E-state index contributed by atoms with van der Waals surface area (Å²) >= 11 is 5.10. The number of benzene rings is 2. The molecule has 0 aliphatic rings. The van der Waals surface area contributed by atoms with Gasteiger partial charge in [0.1, 0.15) is 5.82 Å². The maximum absolute atomic E-state index is 13.4. The Morgan fingerprint density at radius 3 is 2.50 bits per heavy atom. The van der Waals surface area contributed by atoms with Crippen LogP contribution in [0.4, 0.5) is 4.39 Å². The summed E-state index contributed by atoms with van der Waals surface area (Å²) in [4.78, 5) is 1.13. The Morgan fingerprint density at radius 1 is 1.20 bits per heavy atom. The average Bonchev–Trinajstić information content (AvgIpc) is 2.46. The second-order valence-electron chi connectivity index (χ2n) is 4.62. The number of rotatable bonds is 5. The van der Waals surface area contributed by atoms with E-state index in [4.69, 9.17) is 5.73 Å². The van der Waals surface area contributed by atoms with E-state index < -0.39 is 0 Å². The third-order valence-electron chi connectivity index (χ3n) is 3.11. The summed E-state index contributed by atoms with van der Waals surface area (Å²) in [5.74, 6) is -0.216. The van der Waals surface area contributed by atoms with Crippen molar-refractivity contribution < 1.29 is 4.39 Å². The molecule has 4 heteroatoms. The van der Waals surface area contributed by atoms with Crippen molar-refractivity contribution in [3.8, 4) is 0 Å². The van der Waals surface area contributed by atoms with Gasteiger partial charge in [0.25, 0.3) is 0 Å². The van der Waals surface area contributed by atoms with Crippen LogP contribution in [0.2, 0.25) is 0 Å². The predicted octanol–water partition coefficient (Wildman–Crippen LogP) is 5.16. The molecule has 0 amide bonds. The molecule has 0 radical (unpaired) electrons. The molecule has 0 saturated heterocycles. The van der Waals surface area contributed by atoms with Crippen LogP contribution in [0.3, 0.4) is 0 Å². The Kier molecular flexibility index (Phi) is 5.64. The largest absolute Gasteiger partial charge is 0.326 e. The van der Waals surface area contributed by atoms with Crippen molar-refractivity contribution in [1.82, 2.24) is 0 Å². The molecule has 1 nitrogen and oxygen atoms in total. The van der Waals surface area contributed by atoms with E-state index in [9.17, 15) is 4.39 Å². The quantitative estimate of drug-likeness (QED) is 0.751. The van der Waals surface area contributed by atoms with Crippen LogP contribution < -0.4 is 5.73 Å². The average molecular weight is 354 g/mol. The van der Waals surface area contributed by atoms with Crippen LogP contribution in [0.15, 0.2) is 57.9 Å². The van der Waals surface area contributed by atoms with Crippen molar-refractivity contribution in [1.29, 1.82) is 0 Å². The van der Waals surface area contributed by atoms with Gasteiger partial charge in [-0.1, -0.05) is 35.0 Å². The Bertz CT molecular complexity index is 559. The highest BCUT2D eigenvalue weighted by Gasteiger charge is 2.20. The van der Waals surface area contributed by atoms with Crippen LogP contribution in [-0.4, -0.2) is 6.04 Å². The van der Waals surface area contributed by atoms with Crippen LogP contribution in [0.1, 0.15) is 24.2 Å². The van der Waals surface area contributed by atoms with Crippen LogP contribution in [0.5, 0.6) is 0 Å². The van der Waals surface area contributed by atoms with Crippen molar-refractivity contribution >= 4 is 27.7 Å². The predicted molar refractivity (Wildman–Crippen MR) is 87.4 cm³/mol. The number of hydrogen-bond donors (Lipinski definition) is 1. The maximum Gasteiger partial charge on any atom is 0.123 e. The second-order valence-corrected chi connectivity index (χ2v) is 6.75. The molecule has 0 aliphatic heterocycles. The molecule has 0 aromatic heterocycles. The summed E-state index contributed by atoms with van der Waals surface area (Å²) in [6.07, 6.45) is 0.852. The van der Waals surface area contributed by atoms with Crippen molar-refractivity contribution in [2.75, 3.05) is 0 Å². The summed E-state index contributed by atoms with van der Waals surface area (Å²) in [5, 5.41) is 0.0527. The molecule has 2 N–H and O–H groups in total. The molecular weight excluding hydrogens is 337 g/mol. The molecule has 0 saturated carbocycles. The van der Waals surface area contributed by atoms with E-state index in [0.717, 1.165) is 21.4 Å². The minimum Gasteiger partial charge on any atom is -0.326 e. The van der Waals surface area contributed by atoms with Gasteiger partial charge in [0.15, 0.2) is 0 Å². The lowest BCUT2D eigenvalue weighted by Crippen LogP contribution is -2.25. The van der Waals surface area contributed by atoms with E-state index in [1.165, 1.54) is 6.07 Å². The minimum absolute atomic E-state index is 0.00885. The van der Waals surface area contributed by atoms with Crippen molar-refractivity contribution in [2.24, 2.45) is 5.73 Å². The molecule has 0 bridgehead atoms. The lowest BCUT2D eigenvalue weighted by molar-refractivity contribution is 0.610. The molecule has 2 atom stereocenters. The van der Waals surface area contributed by atoms with Gasteiger partial charge in [-0.2, -0.15) is 0 Å². The Hall–Kier alpha value is -0.840. The van der Waals surface area contributed by atoms with E-state index in [2.05, 4.69) is 22.9 Å². The van der Waals surface area contributed by atoms with Gasteiger partial charge in [-0.05, 0) is 48.4 Å². The van der Waals surface area contributed by atoms with Crippen molar-refractivity contribution in [2.45, 2.75) is 29.5 Å². The monoisotopic (exact) mass is 353 g/mol. The third-order valence-corrected chi connectivity index (χ3v) is 5.06. The Balaban J connectivity index is 2.26. The second kappa shape index (κ2) is 7.25. The fraction of sp³-hybridized carbons (Fsp3) is 0.250. The zero-order chi connectivity index (χ0) is 14.5. The lowest BCUT2D eigenvalue weighted by Gasteiger charge is -2.23. The minimum atomic E-state index is -0.216. The Labute approximate surface area is 131 Å². The first-order valence-electron chi connectivity index (χ1n) is 6.53. The van der Waals surface area contributed by atoms with Crippen LogP contribution in [-0.2, 0) is 0 Å². The molecule has 20 heavy (non-hydrogen) atoms. The SMILES string of the molecule is CCC(N)C(Sc1ccc(Br)cc1)c1cccc(F)c1. The first kappa shape index (κ1) is 15.5. The molecule has 106 valence electrons. The highest BCUT2D eigenvalue weighted by Crippen LogP contribution is 2.38. The van der Waals surface area contributed by atoms with Gasteiger partial charge in [-0.15, -0.1) is 11.8 Å². The van der Waals surface area contributed by atoms with E-state index in [1.807, 2.05) is 30.3 Å². The topological polar surface area (TPSA) is 26.0 Å². The van der Waals surface area contributed by atoms with Crippen molar-refractivity contribution in [3.63, 3.8) is 0 Å². The summed E-state index contributed by atoms with van der Waals surface area (Å²) in [6.45, 7) is 2.05. The summed E-state index contributed by atoms with van der Waals surface area (Å²) in [7, 11) is 0. The van der Waals surface area contributed by atoms with E-state index in [-0.39, 0.29) is 17.1 Å². The standard InChI is InChI=1S/C16H17BrFNS/c1-2-15(19)16(11-4-3-5-13(18)10-11)20-14-8-6-12(17)7-9-14/h3-10,15-16H,2,19H2,1H3. The van der Waals surface area contributed by atoms with Gasteiger partial charge < -0.3 is 5.73 Å². The molecule has 2 rings (SSSR count). The molecule has 0 heterocycles. The normalized spacial score (nSPS) is 14.0. The fourth-order valence-corrected chi connectivity index (χ4v) is 3.46. The molecule has 2 aromatic rings. The zero-order valence-electron chi connectivity index (χ0n) is 11.2. The maximum atomic E-state index is 13.4. The highest BCUT2D eigenvalue weighted by atomic mass is 79.9. The Morgan fingerprint density at radius 2 is 1.90 bits per heavy atom. The van der Waals surface area contributed by atoms with Gasteiger partial charge in [0.2, 0.25) is 0 Å². The smallest absolute Gasteiger partial charge is 0.123 e. The molecule has 0 aliphatic carbocycles. The van der Waals surface area contributed by atoms with E-state index >= 15 is 0 Å².